The molecule has 4 amide bonds. The lowest BCUT2D eigenvalue weighted by atomic mass is 10.1. The number of hydrogen-bond donors (Lipinski definition) is 4. The van der Waals surface area contributed by atoms with Crippen molar-refractivity contribution in [2.45, 2.75) is 64.6 Å². The van der Waals surface area contributed by atoms with Crippen molar-refractivity contribution in [1.29, 1.82) is 0 Å². The number of aliphatic hydroxyl groups excluding tert-OH is 2. The zero-order valence-electron chi connectivity index (χ0n) is 25.0. The summed E-state index contributed by atoms with van der Waals surface area (Å²) < 4.78 is 26.9. The van der Waals surface area contributed by atoms with Crippen molar-refractivity contribution < 1.29 is 57.9 Å². The van der Waals surface area contributed by atoms with Crippen molar-refractivity contribution in [3.05, 3.63) is 23.8 Å². The molecule has 0 aromatic heterocycles. The zero-order chi connectivity index (χ0) is 32.1. The molecular weight excluding hydrogens is 582 g/mol. The lowest BCUT2D eigenvalue weighted by molar-refractivity contribution is -0.198. The van der Waals surface area contributed by atoms with Crippen LogP contribution in [0.1, 0.15) is 45.1 Å². The summed E-state index contributed by atoms with van der Waals surface area (Å²) in [5, 5.41) is 25.2. The molecule has 4 atom stereocenters. The molecule has 2 fully saturated rings. The van der Waals surface area contributed by atoms with Gasteiger partial charge < -0.3 is 44.5 Å². The minimum atomic E-state index is -1.09. The van der Waals surface area contributed by atoms with Crippen molar-refractivity contribution in [1.82, 2.24) is 10.2 Å². The van der Waals surface area contributed by atoms with Gasteiger partial charge in [0.05, 0.1) is 51.4 Å². The van der Waals surface area contributed by atoms with E-state index in [2.05, 4.69) is 10.6 Å². The van der Waals surface area contributed by atoms with E-state index in [0.29, 0.717) is 5.56 Å². The maximum Gasteiger partial charge on any atom is 0.302 e. The summed E-state index contributed by atoms with van der Waals surface area (Å²) in [5.74, 6) is -1.67. The minimum absolute atomic E-state index is 0.0168. The molecule has 244 valence electrons. The smallest absolute Gasteiger partial charge is 0.302 e. The number of carbonyl (C=O) groups excluding carboxylic acids is 5. The van der Waals surface area contributed by atoms with E-state index in [9.17, 15) is 34.2 Å². The highest BCUT2D eigenvalue weighted by Gasteiger charge is 2.35. The summed E-state index contributed by atoms with van der Waals surface area (Å²) in [7, 11) is 0. The Kier molecular flexibility index (Phi) is 14.0. The Labute approximate surface area is 255 Å². The summed E-state index contributed by atoms with van der Waals surface area (Å²) in [4.78, 5) is 60.8. The third-order valence-electron chi connectivity index (χ3n) is 6.73. The predicted molar refractivity (Wildman–Crippen MR) is 152 cm³/mol. The van der Waals surface area contributed by atoms with Crippen LogP contribution in [0.4, 0.5) is 5.69 Å². The highest BCUT2D eigenvalue weighted by molar-refractivity contribution is 6.03. The van der Waals surface area contributed by atoms with E-state index in [1.807, 2.05) is 0 Å². The van der Waals surface area contributed by atoms with E-state index >= 15 is 0 Å². The molecule has 0 bridgehead atoms. The van der Waals surface area contributed by atoms with Crippen molar-refractivity contribution in [2.75, 3.05) is 51.4 Å². The summed E-state index contributed by atoms with van der Waals surface area (Å²) in [6, 6.07) is 4.73. The molecule has 15 nitrogen and oxygen atoms in total. The molecule has 4 N–H and O–H groups in total. The molecule has 2 heterocycles. The number of likely N-dealkylation sites (tertiary alicyclic amines) is 1. The molecule has 2 saturated heterocycles. The number of esters is 1. The Balaban J connectivity index is 1.34. The molecule has 1 aromatic carbocycles. The number of aliphatic hydroxyl groups is 2. The maximum absolute atomic E-state index is 12.6. The van der Waals surface area contributed by atoms with Gasteiger partial charge in [-0.05, 0) is 17.7 Å². The molecule has 0 aliphatic carbocycles. The zero-order valence-corrected chi connectivity index (χ0v) is 25.0. The Bertz CT molecular complexity index is 1160. The van der Waals surface area contributed by atoms with Gasteiger partial charge in [-0.1, -0.05) is 13.0 Å². The molecule has 2 aliphatic heterocycles. The Morgan fingerprint density at radius 2 is 1.80 bits per heavy atom. The standard InChI is InChI=1S/C29H41N3O12/c1-18-13-27(38)32(28(18)39)8-10-41-12-11-40-9-6-25(36)30-7-5-26(37)31-22-14-20(16-42-19(2)33)3-4-24(22)44-29-23(35)15-21(34)17-43-29/h3-4,14,18,21,23,29,34-35H,5-13,15-17H2,1-2H3,(H,30,36)(H,31,37)/t18?,21-,23+,29?/m0/s1. The van der Waals surface area contributed by atoms with Gasteiger partial charge >= 0.3 is 5.97 Å². The van der Waals surface area contributed by atoms with Crippen LogP contribution in [0.25, 0.3) is 0 Å². The number of ether oxygens (including phenoxy) is 5. The molecule has 1 aromatic rings. The Morgan fingerprint density at radius 1 is 1.05 bits per heavy atom. The first-order chi connectivity index (χ1) is 21.0. The van der Waals surface area contributed by atoms with Crippen LogP contribution in [0.5, 0.6) is 5.75 Å². The largest absolute Gasteiger partial charge is 0.461 e. The van der Waals surface area contributed by atoms with Crippen LogP contribution in [-0.2, 0) is 49.5 Å². The first kappa shape index (κ1) is 34.9. The highest BCUT2D eigenvalue weighted by Crippen LogP contribution is 2.30. The molecule has 3 rings (SSSR count). The first-order valence-corrected chi connectivity index (χ1v) is 14.5. The predicted octanol–water partition coefficient (Wildman–Crippen LogP) is -0.140. The quantitative estimate of drug-likeness (QED) is 0.102. The lowest BCUT2D eigenvalue weighted by Gasteiger charge is -2.31. The third kappa shape index (κ3) is 11.5. The van der Waals surface area contributed by atoms with Crippen LogP contribution in [0.2, 0.25) is 0 Å². The average Bonchev–Trinajstić information content (AvgIpc) is 3.21. The number of benzene rings is 1. The maximum atomic E-state index is 12.6. The summed E-state index contributed by atoms with van der Waals surface area (Å²) in [6.07, 6.45) is -2.64. The van der Waals surface area contributed by atoms with Gasteiger partial charge in [-0.25, -0.2) is 0 Å². The number of rotatable bonds is 17. The summed E-state index contributed by atoms with van der Waals surface area (Å²) in [5.41, 5.74) is 0.824. The Morgan fingerprint density at radius 3 is 2.48 bits per heavy atom. The van der Waals surface area contributed by atoms with Gasteiger partial charge in [-0.15, -0.1) is 0 Å². The average molecular weight is 624 g/mol. The molecule has 2 unspecified atom stereocenters. The number of amides is 4. The number of carbonyl (C=O) groups is 5. The SMILES string of the molecule is CC(=O)OCc1ccc(OC2OC[C@@H](O)C[C@H]2O)c(NC(=O)CCNC(=O)CCOCCOCCN2C(=O)CC(C)C2=O)c1. The van der Waals surface area contributed by atoms with Crippen LogP contribution in [0.3, 0.4) is 0 Å². The number of imide groups is 1. The van der Waals surface area contributed by atoms with Crippen molar-refractivity contribution >= 4 is 35.3 Å². The summed E-state index contributed by atoms with van der Waals surface area (Å²) >= 11 is 0. The van der Waals surface area contributed by atoms with Gasteiger partial charge in [0.15, 0.2) is 0 Å². The second-order valence-electron chi connectivity index (χ2n) is 10.5. The second-order valence-corrected chi connectivity index (χ2v) is 10.5. The minimum Gasteiger partial charge on any atom is -0.461 e. The van der Waals surface area contributed by atoms with Gasteiger partial charge in [-0.2, -0.15) is 0 Å². The number of anilines is 1. The van der Waals surface area contributed by atoms with Crippen LogP contribution in [0, 0.1) is 5.92 Å². The van der Waals surface area contributed by atoms with E-state index < -0.39 is 30.4 Å². The van der Waals surface area contributed by atoms with E-state index in [1.54, 1.807) is 19.1 Å². The molecule has 0 radical (unpaired) electrons. The van der Waals surface area contributed by atoms with E-state index in [1.165, 1.54) is 17.9 Å². The molecule has 15 heteroatoms. The third-order valence-corrected chi connectivity index (χ3v) is 6.73. The van der Waals surface area contributed by atoms with E-state index in [4.69, 9.17) is 23.7 Å². The van der Waals surface area contributed by atoms with E-state index in [0.717, 1.165) is 0 Å². The Hall–Kier alpha value is -3.63. The van der Waals surface area contributed by atoms with Crippen LogP contribution < -0.4 is 15.4 Å². The first-order valence-electron chi connectivity index (χ1n) is 14.5. The van der Waals surface area contributed by atoms with Crippen LogP contribution in [-0.4, -0.2) is 109 Å². The fraction of sp³-hybridized carbons (Fsp3) is 0.621. The fourth-order valence-electron chi connectivity index (χ4n) is 4.41. The van der Waals surface area contributed by atoms with Gasteiger partial charge in [0.2, 0.25) is 29.9 Å². The normalized spacial score (nSPS) is 21.7. The van der Waals surface area contributed by atoms with Gasteiger partial charge in [0.25, 0.3) is 0 Å². The molecular formula is C29H41N3O12. The highest BCUT2D eigenvalue weighted by atomic mass is 16.7. The van der Waals surface area contributed by atoms with E-state index in [-0.39, 0.29) is 113 Å². The van der Waals surface area contributed by atoms with Crippen LogP contribution in [0.15, 0.2) is 18.2 Å². The van der Waals surface area contributed by atoms with Gasteiger partial charge in [0.1, 0.15) is 18.5 Å². The van der Waals surface area contributed by atoms with Crippen molar-refractivity contribution in [2.24, 2.45) is 5.92 Å². The van der Waals surface area contributed by atoms with Crippen molar-refractivity contribution in [3.8, 4) is 5.75 Å². The number of nitrogens with zero attached hydrogens (tertiary/aromatic N) is 1. The van der Waals surface area contributed by atoms with Crippen molar-refractivity contribution in [3.63, 3.8) is 0 Å². The lowest BCUT2D eigenvalue weighted by Crippen LogP contribution is -2.44. The van der Waals surface area contributed by atoms with Gasteiger partial charge in [-0.3, -0.25) is 28.9 Å². The topological polar surface area (TPSA) is 199 Å². The fourth-order valence-corrected chi connectivity index (χ4v) is 4.41. The van der Waals surface area contributed by atoms with Crippen LogP contribution >= 0.6 is 0 Å². The number of hydrogen-bond acceptors (Lipinski definition) is 12. The molecule has 2 aliphatic rings. The number of nitrogens with one attached hydrogen (secondary N) is 2. The molecule has 0 saturated carbocycles. The van der Waals surface area contributed by atoms with Gasteiger partial charge in [0, 0.05) is 45.1 Å². The monoisotopic (exact) mass is 623 g/mol. The molecule has 44 heavy (non-hydrogen) atoms. The summed E-state index contributed by atoms with van der Waals surface area (Å²) in [6.45, 7) is 4.05. The second kappa shape index (κ2) is 17.6. The molecule has 0 spiro atoms.